The van der Waals surface area contributed by atoms with Crippen LogP contribution in [0.2, 0.25) is 0 Å². The molecule has 1 unspecified atom stereocenters. The van der Waals surface area contributed by atoms with E-state index in [0.29, 0.717) is 22.6 Å². The summed E-state index contributed by atoms with van der Waals surface area (Å²) in [6.07, 6.45) is 1.33. The normalized spacial score (nSPS) is 17.4. The highest BCUT2D eigenvalue weighted by molar-refractivity contribution is 7.91. The van der Waals surface area contributed by atoms with Gasteiger partial charge in [0.05, 0.1) is 16.2 Å². The molecule has 3 aromatic rings. The van der Waals surface area contributed by atoms with Crippen LogP contribution < -0.4 is 0 Å². The first-order valence-corrected chi connectivity index (χ1v) is 9.49. The Hall–Kier alpha value is -2.58. The average Bonchev–Trinajstić information content (AvgIpc) is 2.96. The summed E-state index contributed by atoms with van der Waals surface area (Å²) in [5.74, 6) is 0. The van der Waals surface area contributed by atoms with E-state index in [2.05, 4.69) is 6.07 Å². The third kappa shape index (κ3) is 2.07. The van der Waals surface area contributed by atoms with Gasteiger partial charge in [0.25, 0.3) is 0 Å². The Labute approximate surface area is 140 Å². The smallest absolute Gasteiger partial charge is 0.186 e. The molecular formula is C19H16N2O2S. The van der Waals surface area contributed by atoms with Crippen LogP contribution in [0.15, 0.2) is 59.5 Å². The van der Waals surface area contributed by atoms with Crippen molar-refractivity contribution in [3.05, 3.63) is 65.9 Å². The molecule has 0 radical (unpaired) electrons. The summed E-state index contributed by atoms with van der Waals surface area (Å²) in [5, 5.41) is 9.84. The molecule has 1 aliphatic rings. The molecule has 5 heteroatoms. The van der Waals surface area contributed by atoms with Gasteiger partial charge < -0.3 is 4.57 Å². The molecule has 0 saturated heterocycles. The van der Waals surface area contributed by atoms with E-state index in [1.165, 1.54) is 0 Å². The summed E-state index contributed by atoms with van der Waals surface area (Å²) in [4.78, 5) is 0.317. The van der Waals surface area contributed by atoms with Gasteiger partial charge in [-0.25, -0.2) is 8.42 Å². The average molecular weight is 336 g/mol. The fraction of sp³-hybridized carbons (Fsp3) is 0.211. The van der Waals surface area contributed by atoms with Crippen molar-refractivity contribution in [1.29, 1.82) is 5.26 Å². The van der Waals surface area contributed by atoms with Crippen LogP contribution in [-0.4, -0.2) is 13.0 Å². The number of sulfone groups is 1. The van der Waals surface area contributed by atoms with E-state index in [0.717, 1.165) is 23.9 Å². The Kier molecular flexibility index (Phi) is 3.43. The van der Waals surface area contributed by atoms with Crippen molar-refractivity contribution in [2.45, 2.75) is 29.5 Å². The van der Waals surface area contributed by atoms with Crippen LogP contribution in [0.3, 0.4) is 0 Å². The molecular weight excluding hydrogens is 320 g/mol. The monoisotopic (exact) mass is 336 g/mol. The maximum Gasteiger partial charge on any atom is 0.186 e. The summed E-state index contributed by atoms with van der Waals surface area (Å²) >= 11 is 0. The largest absolute Gasteiger partial charge is 0.342 e. The van der Waals surface area contributed by atoms with Crippen LogP contribution in [-0.2, 0) is 16.4 Å². The van der Waals surface area contributed by atoms with Gasteiger partial charge in [-0.3, -0.25) is 0 Å². The lowest BCUT2D eigenvalue weighted by Crippen LogP contribution is -2.23. The molecule has 0 bridgehead atoms. The maximum atomic E-state index is 13.2. The second-order valence-corrected chi connectivity index (χ2v) is 8.16. The number of nitrogens with zero attached hydrogens (tertiary/aromatic N) is 2. The summed E-state index contributed by atoms with van der Waals surface area (Å²) in [7, 11) is -3.53. The lowest BCUT2D eigenvalue weighted by molar-refractivity contribution is 0.504. The number of rotatable bonds is 2. The quantitative estimate of drug-likeness (QED) is 0.714. The Balaban J connectivity index is 1.99. The van der Waals surface area contributed by atoms with Crippen molar-refractivity contribution in [1.82, 2.24) is 4.57 Å². The van der Waals surface area contributed by atoms with Crippen molar-refractivity contribution in [2.75, 3.05) is 0 Å². The first kappa shape index (κ1) is 15.0. The van der Waals surface area contributed by atoms with Gasteiger partial charge >= 0.3 is 0 Å². The SMILES string of the molecule is N#Cc1c2n(c3ccccc13)CCCC2S(=O)(=O)c1ccccc1. The Morgan fingerprint density at radius 2 is 1.75 bits per heavy atom. The zero-order valence-electron chi connectivity index (χ0n) is 13.0. The van der Waals surface area contributed by atoms with E-state index < -0.39 is 15.1 Å². The van der Waals surface area contributed by atoms with Gasteiger partial charge in [0.2, 0.25) is 0 Å². The van der Waals surface area contributed by atoms with Crippen molar-refractivity contribution in [3.8, 4) is 6.07 Å². The van der Waals surface area contributed by atoms with Crippen LogP contribution in [0.5, 0.6) is 0 Å². The number of benzene rings is 2. The van der Waals surface area contributed by atoms with E-state index in [1.807, 2.05) is 28.8 Å². The number of para-hydroxylation sites is 1. The highest BCUT2D eigenvalue weighted by Gasteiger charge is 2.36. The highest BCUT2D eigenvalue weighted by Crippen LogP contribution is 2.41. The highest BCUT2D eigenvalue weighted by atomic mass is 32.2. The molecule has 1 atom stereocenters. The molecule has 1 aliphatic heterocycles. The van der Waals surface area contributed by atoms with Crippen molar-refractivity contribution in [3.63, 3.8) is 0 Å². The van der Waals surface area contributed by atoms with Gasteiger partial charge in [0, 0.05) is 17.4 Å². The van der Waals surface area contributed by atoms with Crippen LogP contribution in [0.1, 0.15) is 29.3 Å². The van der Waals surface area contributed by atoms with E-state index >= 15 is 0 Å². The Morgan fingerprint density at radius 3 is 2.50 bits per heavy atom. The fourth-order valence-corrected chi connectivity index (χ4v) is 5.55. The third-order valence-electron chi connectivity index (χ3n) is 4.72. The second kappa shape index (κ2) is 5.50. The molecule has 0 amide bonds. The molecule has 24 heavy (non-hydrogen) atoms. The molecule has 0 saturated carbocycles. The maximum absolute atomic E-state index is 13.2. The molecule has 120 valence electrons. The van der Waals surface area contributed by atoms with Crippen molar-refractivity contribution < 1.29 is 8.42 Å². The van der Waals surface area contributed by atoms with Crippen LogP contribution >= 0.6 is 0 Å². The molecule has 0 spiro atoms. The van der Waals surface area contributed by atoms with Gasteiger partial charge in [-0.2, -0.15) is 5.26 Å². The van der Waals surface area contributed by atoms with Crippen molar-refractivity contribution in [2.24, 2.45) is 0 Å². The van der Waals surface area contributed by atoms with Gasteiger partial charge in [0.1, 0.15) is 11.3 Å². The molecule has 2 heterocycles. The lowest BCUT2D eigenvalue weighted by Gasteiger charge is -2.25. The minimum atomic E-state index is -3.53. The number of fused-ring (bicyclic) bond motifs is 3. The molecule has 2 aromatic carbocycles. The van der Waals surface area contributed by atoms with Gasteiger partial charge in [-0.15, -0.1) is 0 Å². The summed E-state index contributed by atoms with van der Waals surface area (Å²) in [6, 6.07) is 18.4. The number of hydrogen-bond donors (Lipinski definition) is 0. The number of aromatic nitrogens is 1. The Morgan fingerprint density at radius 1 is 1.04 bits per heavy atom. The molecule has 0 fully saturated rings. The van der Waals surface area contributed by atoms with Gasteiger partial charge in [0.15, 0.2) is 9.84 Å². The molecule has 0 aliphatic carbocycles. The Bertz CT molecular complexity index is 1060. The summed E-state index contributed by atoms with van der Waals surface area (Å²) < 4.78 is 28.4. The molecule has 1 aromatic heterocycles. The first-order chi connectivity index (χ1) is 11.6. The minimum absolute atomic E-state index is 0.317. The zero-order chi connectivity index (χ0) is 16.7. The predicted molar refractivity (Wildman–Crippen MR) is 92.3 cm³/mol. The number of aryl methyl sites for hydroxylation is 1. The van der Waals surface area contributed by atoms with E-state index in [4.69, 9.17) is 0 Å². The standard InChI is InChI=1S/C19H16N2O2S/c20-13-16-15-9-4-5-10-17(15)21-12-6-11-18(19(16)21)24(22,23)14-7-2-1-3-8-14/h1-5,7-10,18H,6,11-12H2. The molecule has 4 nitrogen and oxygen atoms in total. The lowest BCUT2D eigenvalue weighted by atomic mass is 10.1. The number of hydrogen-bond acceptors (Lipinski definition) is 3. The van der Waals surface area contributed by atoms with Gasteiger partial charge in [-0.05, 0) is 31.0 Å². The minimum Gasteiger partial charge on any atom is -0.342 e. The molecule has 4 rings (SSSR count). The van der Waals surface area contributed by atoms with Gasteiger partial charge in [-0.1, -0.05) is 36.4 Å². The van der Waals surface area contributed by atoms with Crippen molar-refractivity contribution >= 4 is 20.7 Å². The first-order valence-electron chi connectivity index (χ1n) is 7.95. The van der Waals surface area contributed by atoms with Crippen LogP contribution in [0.25, 0.3) is 10.9 Å². The second-order valence-electron chi connectivity index (χ2n) is 6.03. The van der Waals surface area contributed by atoms with Crippen LogP contribution in [0, 0.1) is 11.3 Å². The van der Waals surface area contributed by atoms with Crippen LogP contribution in [0.4, 0.5) is 0 Å². The van der Waals surface area contributed by atoms with E-state index in [9.17, 15) is 13.7 Å². The third-order valence-corrected chi connectivity index (χ3v) is 6.86. The topological polar surface area (TPSA) is 62.9 Å². The zero-order valence-corrected chi connectivity index (χ0v) is 13.8. The molecule has 0 N–H and O–H groups in total. The number of nitriles is 1. The van der Waals surface area contributed by atoms with E-state index in [1.54, 1.807) is 30.3 Å². The summed E-state index contributed by atoms with van der Waals surface area (Å²) in [6.45, 7) is 0.748. The fourth-order valence-electron chi connectivity index (χ4n) is 3.66. The summed E-state index contributed by atoms with van der Waals surface area (Å²) in [5.41, 5.74) is 2.08. The predicted octanol–water partition coefficient (Wildman–Crippen LogP) is 3.82. The van der Waals surface area contributed by atoms with E-state index in [-0.39, 0.29) is 0 Å².